The maximum absolute atomic E-state index is 12.4. The molecule has 3 nitrogen and oxygen atoms in total. The molecule has 2 rings (SSSR count). The van der Waals surface area contributed by atoms with E-state index in [0.717, 1.165) is 10.0 Å². The number of carbonyl (C=O) groups excluding carboxylic acids is 1. The molecule has 100 valence electrons. The van der Waals surface area contributed by atoms with Gasteiger partial charge in [0.25, 0.3) is 0 Å². The number of nitrogens with zero attached hydrogens (tertiary/aromatic N) is 2. The van der Waals surface area contributed by atoms with Gasteiger partial charge in [-0.1, -0.05) is 35.0 Å². The summed E-state index contributed by atoms with van der Waals surface area (Å²) in [6.45, 7) is 2.63. The van der Waals surface area contributed by atoms with E-state index in [-0.39, 0.29) is 5.91 Å². The first-order valence-electron chi connectivity index (χ1n) is 6.38. The first kappa shape index (κ1) is 14.1. The number of rotatable bonds is 3. The maximum atomic E-state index is 12.4. The highest BCUT2D eigenvalue weighted by atomic mass is 79.9. The molecule has 0 N–H and O–H groups in total. The summed E-state index contributed by atoms with van der Waals surface area (Å²) < 4.78 is 1.02. The second-order valence-corrected chi connectivity index (χ2v) is 6.41. The first-order valence-corrected chi connectivity index (χ1v) is 7.17. The highest BCUT2D eigenvalue weighted by Gasteiger charge is 2.50. The van der Waals surface area contributed by atoms with Crippen LogP contribution < -0.4 is 0 Å². The molecule has 1 amide bonds. The number of hydrogen-bond acceptors (Lipinski definition) is 2. The van der Waals surface area contributed by atoms with E-state index in [1.165, 1.54) is 0 Å². The van der Waals surface area contributed by atoms with Crippen LogP contribution in [0, 0.1) is 22.7 Å². The van der Waals surface area contributed by atoms with Crippen molar-refractivity contribution in [3.05, 3.63) is 34.3 Å². The topological polar surface area (TPSA) is 44.1 Å². The van der Waals surface area contributed by atoms with Gasteiger partial charge in [-0.2, -0.15) is 5.26 Å². The van der Waals surface area contributed by atoms with Gasteiger partial charge in [-0.05, 0) is 36.5 Å². The van der Waals surface area contributed by atoms with Crippen molar-refractivity contribution in [2.75, 3.05) is 7.05 Å². The van der Waals surface area contributed by atoms with Gasteiger partial charge in [0.05, 0.1) is 6.07 Å². The standard InChI is InChI=1S/C15H17BrN2O/c1-11-7-15(8-11,10-17)14(19)18(2)9-12-3-5-13(16)6-4-12/h3-6,11H,7-9H2,1-2H3. The van der Waals surface area contributed by atoms with Crippen LogP contribution in [0.4, 0.5) is 0 Å². The molecule has 0 atom stereocenters. The summed E-state index contributed by atoms with van der Waals surface area (Å²) in [5.41, 5.74) is 0.295. The van der Waals surface area contributed by atoms with Gasteiger partial charge in [0.2, 0.25) is 5.91 Å². The van der Waals surface area contributed by atoms with Crippen LogP contribution in [-0.4, -0.2) is 17.9 Å². The number of halogens is 1. The SMILES string of the molecule is CC1CC(C#N)(C(=O)N(C)Cc2ccc(Br)cc2)C1. The zero-order chi connectivity index (χ0) is 14.0. The van der Waals surface area contributed by atoms with E-state index < -0.39 is 5.41 Å². The molecule has 0 heterocycles. The molecule has 0 aromatic heterocycles. The average molecular weight is 321 g/mol. The summed E-state index contributed by atoms with van der Waals surface area (Å²) in [5, 5.41) is 9.27. The fraction of sp³-hybridized carbons (Fsp3) is 0.467. The minimum Gasteiger partial charge on any atom is -0.340 e. The molecule has 0 saturated heterocycles. The lowest BCUT2D eigenvalue weighted by atomic mass is 9.63. The van der Waals surface area contributed by atoms with Crippen LogP contribution in [0.5, 0.6) is 0 Å². The lowest BCUT2D eigenvalue weighted by molar-refractivity contribution is -0.144. The lowest BCUT2D eigenvalue weighted by Gasteiger charge is -2.41. The number of amides is 1. The van der Waals surface area contributed by atoms with Gasteiger partial charge in [-0.15, -0.1) is 0 Å². The van der Waals surface area contributed by atoms with E-state index in [0.29, 0.717) is 25.3 Å². The van der Waals surface area contributed by atoms with Crippen molar-refractivity contribution in [1.29, 1.82) is 5.26 Å². The minimum absolute atomic E-state index is 0.0454. The molecule has 0 spiro atoms. The van der Waals surface area contributed by atoms with Crippen LogP contribution in [0.15, 0.2) is 28.7 Å². The van der Waals surface area contributed by atoms with Crippen molar-refractivity contribution >= 4 is 21.8 Å². The molecular weight excluding hydrogens is 304 g/mol. The van der Waals surface area contributed by atoms with Gasteiger partial charge >= 0.3 is 0 Å². The molecule has 0 bridgehead atoms. The van der Waals surface area contributed by atoms with Crippen LogP contribution in [0.25, 0.3) is 0 Å². The average Bonchev–Trinajstić information content (AvgIpc) is 2.36. The number of hydrogen-bond donors (Lipinski definition) is 0. The van der Waals surface area contributed by atoms with Gasteiger partial charge < -0.3 is 4.90 Å². The number of nitriles is 1. The molecule has 4 heteroatoms. The molecule has 0 aliphatic heterocycles. The predicted octanol–water partition coefficient (Wildman–Crippen LogP) is 3.35. The third-order valence-corrected chi connectivity index (χ3v) is 4.23. The van der Waals surface area contributed by atoms with Crippen molar-refractivity contribution < 1.29 is 4.79 Å². The van der Waals surface area contributed by atoms with Crippen molar-refractivity contribution in [2.24, 2.45) is 11.3 Å². The largest absolute Gasteiger partial charge is 0.340 e. The van der Waals surface area contributed by atoms with E-state index in [1.54, 1.807) is 11.9 Å². The van der Waals surface area contributed by atoms with Crippen LogP contribution in [0.2, 0.25) is 0 Å². The Balaban J connectivity index is 2.04. The summed E-state index contributed by atoms with van der Waals surface area (Å²) in [6.07, 6.45) is 1.38. The summed E-state index contributed by atoms with van der Waals surface area (Å²) in [4.78, 5) is 14.1. The van der Waals surface area contributed by atoms with E-state index >= 15 is 0 Å². The second kappa shape index (κ2) is 5.34. The zero-order valence-corrected chi connectivity index (χ0v) is 12.8. The fourth-order valence-electron chi connectivity index (χ4n) is 2.74. The highest BCUT2D eigenvalue weighted by Crippen LogP contribution is 2.46. The molecule has 0 radical (unpaired) electrons. The Morgan fingerprint density at radius 1 is 1.47 bits per heavy atom. The Morgan fingerprint density at radius 2 is 2.05 bits per heavy atom. The van der Waals surface area contributed by atoms with E-state index in [2.05, 4.69) is 28.9 Å². The molecule has 1 saturated carbocycles. The molecular formula is C15H17BrN2O. The second-order valence-electron chi connectivity index (χ2n) is 5.50. The molecule has 1 aliphatic carbocycles. The predicted molar refractivity (Wildman–Crippen MR) is 77.1 cm³/mol. The van der Waals surface area contributed by atoms with Gasteiger partial charge in [0, 0.05) is 18.1 Å². The van der Waals surface area contributed by atoms with Gasteiger partial charge in [0.15, 0.2) is 0 Å². The minimum atomic E-state index is -0.774. The molecule has 1 aromatic carbocycles. The Kier molecular flexibility index (Phi) is 3.96. The maximum Gasteiger partial charge on any atom is 0.243 e. The van der Waals surface area contributed by atoms with Crippen LogP contribution in [0.3, 0.4) is 0 Å². The molecule has 0 unspecified atom stereocenters. The van der Waals surface area contributed by atoms with Crippen molar-refractivity contribution in [3.63, 3.8) is 0 Å². The highest BCUT2D eigenvalue weighted by molar-refractivity contribution is 9.10. The Hall–Kier alpha value is -1.34. The number of carbonyl (C=O) groups is 1. The van der Waals surface area contributed by atoms with Crippen molar-refractivity contribution in [1.82, 2.24) is 4.90 Å². The Morgan fingerprint density at radius 3 is 2.53 bits per heavy atom. The Labute approximate surface area is 122 Å². The fourth-order valence-corrected chi connectivity index (χ4v) is 3.01. The quantitative estimate of drug-likeness (QED) is 0.857. The van der Waals surface area contributed by atoms with Crippen LogP contribution in [-0.2, 0) is 11.3 Å². The monoisotopic (exact) mass is 320 g/mol. The van der Waals surface area contributed by atoms with Crippen LogP contribution >= 0.6 is 15.9 Å². The van der Waals surface area contributed by atoms with E-state index in [4.69, 9.17) is 0 Å². The normalized spacial score (nSPS) is 25.3. The van der Waals surface area contributed by atoms with Crippen molar-refractivity contribution in [2.45, 2.75) is 26.3 Å². The van der Waals surface area contributed by atoms with Gasteiger partial charge in [-0.25, -0.2) is 0 Å². The summed E-state index contributed by atoms with van der Waals surface area (Å²) in [5.74, 6) is 0.431. The van der Waals surface area contributed by atoms with Crippen LogP contribution in [0.1, 0.15) is 25.3 Å². The zero-order valence-electron chi connectivity index (χ0n) is 11.2. The lowest BCUT2D eigenvalue weighted by Crippen LogP contribution is -2.48. The van der Waals surface area contributed by atoms with E-state index in [1.807, 2.05) is 24.3 Å². The molecule has 1 aromatic rings. The summed E-state index contributed by atoms with van der Waals surface area (Å²) >= 11 is 3.39. The van der Waals surface area contributed by atoms with Gasteiger partial charge in [-0.3, -0.25) is 4.79 Å². The third kappa shape index (κ3) is 2.82. The molecule has 1 aliphatic rings. The smallest absolute Gasteiger partial charge is 0.243 e. The first-order chi connectivity index (χ1) is 8.97. The van der Waals surface area contributed by atoms with Crippen molar-refractivity contribution in [3.8, 4) is 6.07 Å². The number of benzene rings is 1. The Bertz CT molecular complexity index is 512. The van der Waals surface area contributed by atoms with E-state index in [9.17, 15) is 10.1 Å². The molecule has 1 fully saturated rings. The summed E-state index contributed by atoms with van der Waals surface area (Å²) in [7, 11) is 1.77. The summed E-state index contributed by atoms with van der Waals surface area (Å²) in [6, 6.07) is 10.1. The third-order valence-electron chi connectivity index (χ3n) is 3.70. The van der Waals surface area contributed by atoms with Gasteiger partial charge in [0.1, 0.15) is 5.41 Å². The molecule has 19 heavy (non-hydrogen) atoms.